The average molecular weight is 531 g/mol. The van der Waals surface area contributed by atoms with E-state index in [4.69, 9.17) is 9.84 Å². The van der Waals surface area contributed by atoms with Crippen molar-refractivity contribution in [3.05, 3.63) is 34.9 Å². The van der Waals surface area contributed by atoms with Gasteiger partial charge in [-0.3, -0.25) is 4.79 Å². The molecule has 1 saturated heterocycles. The molecule has 0 spiro atoms. The molecule has 0 aromatic heterocycles. The van der Waals surface area contributed by atoms with Gasteiger partial charge in [0.25, 0.3) is 0 Å². The van der Waals surface area contributed by atoms with Gasteiger partial charge in [-0.2, -0.15) is 0 Å². The third-order valence-corrected chi connectivity index (χ3v) is 9.45. The normalized spacial score (nSPS) is 28.2. The van der Waals surface area contributed by atoms with Crippen molar-refractivity contribution in [3.63, 3.8) is 0 Å². The zero-order valence-electron chi connectivity index (χ0n) is 25.7. The fourth-order valence-electron chi connectivity index (χ4n) is 6.43. The molecule has 2 rings (SSSR count). The van der Waals surface area contributed by atoms with Crippen LogP contribution in [0.1, 0.15) is 145 Å². The molecule has 4 heteroatoms. The summed E-state index contributed by atoms with van der Waals surface area (Å²) < 4.78 is 7.21. The van der Waals surface area contributed by atoms with E-state index >= 15 is 0 Å². The molecule has 1 aliphatic carbocycles. The summed E-state index contributed by atoms with van der Waals surface area (Å²) in [6, 6.07) is 0. The Morgan fingerprint density at radius 1 is 1.18 bits per heavy atom. The van der Waals surface area contributed by atoms with E-state index in [1.807, 2.05) is 6.92 Å². The third-order valence-electron chi connectivity index (χ3n) is 9.45. The Bertz CT molecular complexity index is 851. The van der Waals surface area contributed by atoms with Crippen molar-refractivity contribution < 1.29 is 19.7 Å². The molecule has 0 bridgehead atoms. The van der Waals surface area contributed by atoms with E-state index in [1.54, 1.807) is 6.92 Å². The number of carbonyl (C=O) groups is 1. The number of hydrogen-bond acceptors (Lipinski definition) is 3. The molecule has 2 N–H and O–H groups in total. The Hall–Kier alpha value is -1.39. The van der Waals surface area contributed by atoms with Crippen LogP contribution in [0.3, 0.4) is 0 Å². The van der Waals surface area contributed by atoms with Gasteiger partial charge in [0, 0.05) is 5.92 Å². The maximum absolute atomic E-state index is 11.0. The minimum atomic E-state index is -0.755. The van der Waals surface area contributed by atoms with E-state index in [2.05, 4.69) is 52.8 Å². The molecule has 0 aromatic carbocycles. The second-order valence-corrected chi connectivity index (χ2v) is 13.1. The van der Waals surface area contributed by atoms with Gasteiger partial charge in [0.2, 0.25) is 0 Å². The van der Waals surface area contributed by atoms with Crippen LogP contribution in [0.15, 0.2) is 34.9 Å². The van der Waals surface area contributed by atoms with Gasteiger partial charge in [-0.05, 0) is 104 Å². The second-order valence-electron chi connectivity index (χ2n) is 13.1. The first-order valence-corrected chi connectivity index (χ1v) is 15.5. The van der Waals surface area contributed by atoms with E-state index in [0.29, 0.717) is 25.2 Å². The van der Waals surface area contributed by atoms with Crippen molar-refractivity contribution in [2.24, 2.45) is 11.8 Å². The predicted octanol–water partition coefficient (Wildman–Crippen LogP) is 9.33. The van der Waals surface area contributed by atoms with Crippen LogP contribution in [0.4, 0.5) is 0 Å². The Balaban J connectivity index is 1.86. The second kappa shape index (κ2) is 14.8. The summed E-state index contributed by atoms with van der Waals surface area (Å²) in [6.07, 6.45) is 22.3. The quantitative estimate of drug-likeness (QED) is 0.145. The summed E-state index contributed by atoms with van der Waals surface area (Å²) in [5.74, 6) is -0.663. The highest BCUT2D eigenvalue weighted by atomic mass is 16.5. The summed E-state index contributed by atoms with van der Waals surface area (Å²) in [6.45, 7) is 15.1. The molecule has 5 atom stereocenters. The number of unbranched alkanes of at least 4 members (excludes halogenated alkanes) is 3. The first kappa shape index (κ1) is 32.8. The Morgan fingerprint density at radius 3 is 2.61 bits per heavy atom. The summed E-state index contributed by atoms with van der Waals surface area (Å²) in [5.41, 5.74) is 3.41. The predicted molar refractivity (Wildman–Crippen MR) is 159 cm³/mol. The van der Waals surface area contributed by atoms with Crippen LogP contribution in [-0.4, -0.2) is 33.0 Å². The molecular formula is C34H58O4. The zero-order chi connectivity index (χ0) is 28.4. The van der Waals surface area contributed by atoms with Crippen LogP contribution >= 0.6 is 0 Å². The molecule has 218 valence electrons. The Morgan fingerprint density at radius 2 is 1.92 bits per heavy atom. The summed E-state index contributed by atoms with van der Waals surface area (Å²) in [7, 11) is 0. The molecule has 1 fully saturated rings. The first-order chi connectivity index (χ1) is 17.8. The number of aliphatic carboxylic acids is 1. The molecular weight excluding hydrogens is 472 g/mol. The minimum Gasteiger partial charge on any atom is -0.481 e. The fraction of sp³-hybridized carbons (Fsp3) is 0.794. The van der Waals surface area contributed by atoms with E-state index < -0.39 is 11.6 Å². The standard InChI is InChI=1S/C34H58O4/c1-8-9-10-11-24-34-29(5)27(3)18-19-30(34)20-25-33(7,38-34)23-13-16-26(2)15-12-21-32(6,37)22-14-17-28(4)31(35)36/h15,18-19,28-29,37H,8-14,16-17,20-25H2,1-7H3,(H,35,36). The van der Waals surface area contributed by atoms with E-state index in [0.717, 1.165) is 51.4 Å². The lowest BCUT2D eigenvalue weighted by molar-refractivity contribution is -0.178. The highest BCUT2D eigenvalue weighted by Crippen LogP contribution is 2.51. The topological polar surface area (TPSA) is 66.8 Å². The number of carboxylic acid groups (broad SMARTS) is 1. The maximum Gasteiger partial charge on any atom is 0.306 e. The zero-order valence-corrected chi connectivity index (χ0v) is 25.7. The summed E-state index contributed by atoms with van der Waals surface area (Å²) in [4.78, 5) is 11.0. The monoisotopic (exact) mass is 530 g/mol. The molecule has 5 unspecified atom stereocenters. The lowest BCUT2D eigenvalue weighted by atomic mass is 9.67. The lowest BCUT2D eigenvalue weighted by Crippen LogP contribution is -2.53. The van der Waals surface area contributed by atoms with Gasteiger partial charge >= 0.3 is 5.97 Å². The molecule has 4 nitrogen and oxygen atoms in total. The van der Waals surface area contributed by atoms with Crippen LogP contribution in [0.25, 0.3) is 0 Å². The van der Waals surface area contributed by atoms with Gasteiger partial charge < -0.3 is 14.9 Å². The van der Waals surface area contributed by atoms with Crippen LogP contribution in [0.5, 0.6) is 0 Å². The van der Waals surface area contributed by atoms with Crippen LogP contribution in [-0.2, 0) is 9.53 Å². The highest BCUT2D eigenvalue weighted by molar-refractivity contribution is 5.69. The SMILES string of the molecule is CCCCCCC12OC(C)(CCCC(C)=CCCC(C)(O)CCCC(C)C(=O)O)CCC1=CC=C(C)C2C. The van der Waals surface area contributed by atoms with Gasteiger partial charge in [-0.15, -0.1) is 0 Å². The van der Waals surface area contributed by atoms with E-state index in [1.165, 1.54) is 42.4 Å². The number of aliphatic hydroxyl groups is 1. The number of fused-ring (bicyclic) bond motifs is 1. The smallest absolute Gasteiger partial charge is 0.306 e. The molecule has 0 amide bonds. The molecule has 1 heterocycles. The largest absolute Gasteiger partial charge is 0.481 e. The third kappa shape index (κ3) is 9.66. The first-order valence-electron chi connectivity index (χ1n) is 15.5. The van der Waals surface area contributed by atoms with Crippen molar-refractivity contribution in [1.82, 2.24) is 0 Å². The van der Waals surface area contributed by atoms with Crippen LogP contribution in [0, 0.1) is 11.8 Å². The average Bonchev–Trinajstić information content (AvgIpc) is 2.84. The van der Waals surface area contributed by atoms with Gasteiger partial charge in [0.1, 0.15) is 0 Å². The van der Waals surface area contributed by atoms with Crippen molar-refractivity contribution >= 4 is 5.97 Å². The van der Waals surface area contributed by atoms with Crippen molar-refractivity contribution in [2.75, 3.05) is 0 Å². The van der Waals surface area contributed by atoms with Gasteiger partial charge in [-0.1, -0.05) is 75.8 Å². The van der Waals surface area contributed by atoms with E-state index in [9.17, 15) is 9.90 Å². The Labute approximate surface area is 234 Å². The molecule has 0 aromatic rings. The van der Waals surface area contributed by atoms with Gasteiger partial charge in [0.15, 0.2) is 0 Å². The number of rotatable bonds is 17. The number of hydrogen-bond donors (Lipinski definition) is 2. The van der Waals surface area contributed by atoms with Gasteiger partial charge in [-0.25, -0.2) is 0 Å². The van der Waals surface area contributed by atoms with Crippen LogP contribution in [0.2, 0.25) is 0 Å². The number of ether oxygens (including phenoxy) is 1. The van der Waals surface area contributed by atoms with E-state index in [-0.39, 0.29) is 17.1 Å². The summed E-state index contributed by atoms with van der Waals surface area (Å²) in [5, 5.41) is 19.7. The Kier molecular flexibility index (Phi) is 12.8. The molecule has 0 radical (unpaired) electrons. The number of allylic oxidation sites excluding steroid dienone is 4. The highest BCUT2D eigenvalue weighted by Gasteiger charge is 2.50. The molecule has 2 aliphatic rings. The lowest BCUT2D eigenvalue weighted by Gasteiger charge is -2.53. The van der Waals surface area contributed by atoms with Gasteiger partial charge in [0.05, 0.1) is 22.7 Å². The molecule has 38 heavy (non-hydrogen) atoms. The van der Waals surface area contributed by atoms with Crippen molar-refractivity contribution in [2.45, 2.75) is 162 Å². The summed E-state index contributed by atoms with van der Waals surface area (Å²) >= 11 is 0. The van der Waals surface area contributed by atoms with Crippen LogP contribution < -0.4 is 0 Å². The fourth-order valence-corrected chi connectivity index (χ4v) is 6.43. The number of carboxylic acids is 1. The van der Waals surface area contributed by atoms with Crippen molar-refractivity contribution in [3.8, 4) is 0 Å². The molecule has 1 aliphatic heterocycles. The molecule has 0 saturated carbocycles. The minimum absolute atomic E-state index is 0.0784. The van der Waals surface area contributed by atoms with Crippen molar-refractivity contribution in [1.29, 1.82) is 0 Å². The maximum atomic E-state index is 11.0.